The summed E-state index contributed by atoms with van der Waals surface area (Å²) in [6, 6.07) is 9.24. The second-order valence-electron chi connectivity index (χ2n) is 7.73. The number of aliphatic hydroxyl groups is 1. The summed E-state index contributed by atoms with van der Waals surface area (Å²) in [7, 11) is 3.64. The lowest BCUT2D eigenvalue weighted by atomic mass is 9.95. The first-order valence-corrected chi connectivity index (χ1v) is 10.6. The number of nitro benzene ring substituents is 1. The monoisotopic (exact) mass is 473 g/mol. The lowest BCUT2D eigenvalue weighted by molar-refractivity contribution is -0.384. The highest BCUT2D eigenvalue weighted by molar-refractivity contribution is 6.46. The summed E-state index contributed by atoms with van der Waals surface area (Å²) in [5.74, 6) is -1.65. The number of likely N-dealkylation sites (tertiary alicyclic amines) is 1. The average molecular weight is 474 g/mol. The Morgan fingerprint density at radius 2 is 1.97 bits per heavy atom. The Labute approximate surface area is 196 Å². The van der Waals surface area contributed by atoms with Crippen molar-refractivity contribution in [3.63, 3.8) is 0 Å². The number of carbonyl (C=O) groups excluding carboxylic acids is 2. The second-order valence-corrected chi connectivity index (χ2v) is 8.13. The molecular formula is C23H24ClN3O6. The largest absolute Gasteiger partial charge is 0.507 e. The molecule has 1 amide bonds. The number of benzene rings is 2. The van der Waals surface area contributed by atoms with E-state index in [1.54, 1.807) is 19.1 Å². The molecule has 1 unspecified atom stereocenters. The minimum atomic E-state index is -0.991. The van der Waals surface area contributed by atoms with Crippen LogP contribution in [0.4, 0.5) is 5.69 Å². The fraction of sp³-hybridized carbons (Fsp3) is 0.304. The molecule has 1 fully saturated rings. The lowest BCUT2D eigenvalue weighted by Crippen LogP contribution is -2.35. The number of ether oxygens (including phenoxy) is 1. The Hall–Kier alpha value is -3.43. The molecule has 0 radical (unpaired) electrons. The van der Waals surface area contributed by atoms with Gasteiger partial charge in [-0.05, 0) is 44.8 Å². The molecule has 1 atom stereocenters. The smallest absolute Gasteiger partial charge is 0.295 e. The van der Waals surface area contributed by atoms with Gasteiger partial charge in [0.05, 0.1) is 28.2 Å². The zero-order valence-electron chi connectivity index (χ0n) is 18.4. The van der Waals surface area contributed by atoms with Gasteiger partial charge in [-0.1, -0.05) is 23.7 Å². The maximum atomic E-state index is 13.0. The summed E-state index contributed by atoms with van der Waals surface area (Å²) in [5.41, 5.74) is 0.236. The Balaban J connectivity index is 2.17. The number of rotatable bonds is 8. The van der Waals surface area contributed by atoms with Gasteiger partial charge in [-0.2, -0.15) is 0 Å². The van der Waals surface area contributed by atoms with E-state index in [0.29, 0.717) is 24.5 Å². The van der Waals surface area contributed by atoms with Crippen LogP contribution in [0.2, 0.25) is 5.02 Å². The Kier molecular flexibility index (Phi) is 7.35. The van der Waals surface area contributed by atoms with Crippen LogP contribution in [0.5, 0.6) is 5.75 Å². The Bertz CT molecular complexity index is 1130. The molecule has 0 aromatic heterocycles. The van der Waals surface area contributed by atoms with Gasteiger partial charge < -0.3 is 19.6 Å². The SMILES string of the molecule is CCOc1ccc(/C(O)=C2/C(=O)C(=O)N(CCN(C)C)C2c2cccc([N+](=O)[O-])c2)cc1Cl. The van der Waals surface area contributed by atoms with Gasteiger partial charge in [0.1, 0.15) is 11.5 Å². The first kappa shape index (κ1) is 24.2. The first-order valence-electron chi connectivity index (χ1n) is 10.3. The van der Waals surface area contributed by atoms with Crippen molar-refractivity contribution in [1.29, 1.82) is 0 Å². The normalized spacial score (nSPS) is 17.6. The van der Waals surface area contributed by atoms with Crippen molar-refractivity contribution in [1.82, 2.24) is 9.80 Å². The quantitative estimate of drug-likeness (QED) is 0.205. The van der Waals surface area contributed by atoms with Crippen LogP contribution in [0.3, 0.4) is 0 Å². The summed E-state index contributed by atoms with van der Waals surface area (Å²) < 4.78 is 5.41. The third-order valence-electron chi connectivity index (χ3n) is 5.23. The van der Waals surface area contributed by atoms with Crippen molar-refractivity contribution in [3.8, 4) is 5.75 Å². The summed E-state index contributed by atoms with van der Waals surface area (Å²) in [4.78, 5) is 39.9. The number of hydrogen-bond donors (Lipinski definition) is 1. The van der Waals surface area contributed by atoms with Crippen molar-refractivity contribution in [2.75, 3.05) is 33.8 Å². The number of ketones is 1. The number of non-ortho nitro benzene ring substituents is 1. The number of halogens is 1. The van der Waals surface area contributed by atoms with Gasteiger partial charge in [0.25, 0.3) is 17.4 Å². The van der Waals surface area contributed by atoms with Crippen molar-refractivity contribution >= 4 is 34.7 Å². The standard InChI is InChI=1S/C23H24ClN3O6/c1-4-33-18-9-8-15(13-17(18)24)21(28)19-20(14-6-5-7-16(12-14)27(31)32)26(11-10-25(2)3)23(30)22(19)29/h5-9,12-13,20,28H,4,10-11H2,1-3H3/b21-19-. The highest BCUT2D eigenvalue weighted by Gasteiger charge is 2.46. The third-order valence-corrected chi connectivity index (χ3v) is 5.53. The van der Waals surface area contributed by atoms with Gasteiger partial charge in [-0.25, -0.2) is 0 Å². The molecule has 0 spiro atoms. The van der Waals surface area contributed by atoms with Gasteiger partial charge in [0.15, 0.2) is 0 Å². The third kappa shape index (κ3) is 4.99. The summed E-state index contributed by atoms with van der Waals surface area (Å²) in [6.07, 6.45) is 0. The molecule has 1 aliphatic heterocycles. The Morgan fingerprint density at radius 3 is 2.58 bits per heavy atom. The number of Topliss-reactive ketones (excluding diaryl/α,β-unsaturated/α-hetero) is 1. The maximum absolute atomic E-state index is 13.0. The van der Waals surface area contributed by atoms with E-state index >= 15 is 0 Å². The molecule has 2 aromatic rings. The van der Waals surface area contributed by atoms with Crippen molar-refractivity contribution in [3.05, 3.63) is 74.3 Å². The van der Waals surface area contributed by atoms with Gasteiger partial charge in [0.2, 0.25) is 0 Å². The molecule has 1 aliphatic rings. The van der Waals surface area contributed by atoms with E-state index in [1.807, 2.05) is 19.0 Å². The zero-order valence-corrected chi connectivity index (χ0v) is 19.2. The number of likely N-dealkylation sites (N-methyl/N-ethyl adjacent to an activating group) is 1. The topological polar surface area (TPSA) is 113 Å². The summed E-state index contributed by atoms with van der Waals surface area (Å²) in [6.45, 7) is 2.84. The van der Waals surface area contributed by atoms with Gasteiger partial charge in [0, 0.05) is 30.8 Å². The fourth-order valence-electron chi connectivity index (χ4n) is 3.65. The molecule has 1 N–H and O–H groups in total. The molecule has 9 nitrogen and oxygen atoms in total. The lowest BCUT2D eigenvalue weighted by Gasteiger charge is -2.26. The zero-order chi connectivity index (χ0) is 24.3. The van der Waals surface area contributed by atoms with Crippen LogP contribution in [0, 0.1) is 10.1 Å². The molecule has 3 rings (SSSR count). The highest BCUT2D eigenvalue weighted by atomic mass is 35.5. The van der Waals surface area contributed by atoms with E-state index in [-0.39, 0.29) is 28.4 Å². The van der Waals surface area contributed by atoms with Crippen LogP contribution in [-0.4, -0.2) is 65.3 Å². The molecule has 33 heavy (non-hydrogen) atoms. The highest BCUT2D eigenvalue weighted by Crippen LogP contribution is 2.40. The van der Waals surface area contributed by atoms with E-state index in [4.69, 9.17) is 16.3 Å². The van der Waals surface area contributed by atoms with E-state index in [0.717, 1.165) is 0 Å². The Morgan fingerprint density at radius 1 is 1.24 bits per heavy atom. The van der Waals surface area contributed by atoms with Crippen LogP contribution in [0.25, 0.3) is 5.76 Å². The van der Waals surface area contributed by atoms with Crippen molar-refractivity contribution in [2.45, 2.75) is 13.0 Å². The molecule has 2 aromatic carbocycles. The van der Waals surface area contributed by atoms with Crippen LogP contribution < -0.4 is 4.74 Å². The van der Waals surface area contributed by atoms with Gasteiger partial charge in [-0.3, -0.25) is 19.7 Å². The molecule has 0 aliphatic carbocycles. The first-order chi connectivity index (χ1) is 15.6. The number of nitro groups is 1. The minimum Gasteiger partial charge on any atom is -0.507 e. The minimum absolute atomic E-state index is 0.153. The molecule has 0 saturated carbocycles. The predicted molar refractivity (Wildman–Crippen MR) is 123 cm³/mol. The molecule has 10 heteroatoms. The van der Waals surface area contributed by atoms with Gasteiger partial charge >= 0.3 is 0 Å². The number of aliphatic hydroxyl groups excluding tert-OH is 1. The van der Waals surface area contributed by atoms with E-state index in [9.17, 15) is 24.8 Å². The van der Waals surface area contributed by atoms with Crippen LogP contribution in [-0.2, 0) is 9.59 Å². The molecular weight excluding hydrogens is 450 g/mol. The van der Waals surface area contributed by atoms with Crippen LogP contribution in [0.15, 0.2) is 48.0 Å². The van der Waals surface area contributed by atoms with Crippen LogP contribution >= 0.6 is 11.6 Å². The van der Waals surface area contributed by atoms with Crippen molar-refractivity contribution < 1.29 is 24.4 Å². The van der Waals surface area contributed by atoms with Crippen LogP contribution in [0.1, 0.15) is 24.1 Å². The fourth-order valence-corrected chi connectivity index (χ4v) is 3.88. The average Bonchev–Trinajstić information content (AvgIpc) is 3.03. The van der Waals surface area contributed by atoms with Crippen molar-refractivity contribution in [2.24, 2.45) is 0 Å². The second kappa shape index (κ2) is 10.0. The predicted octanol–water partition coefficient (Wildman–Crippen LogP) is 3.63. The molecule has 0 bridgehead atoms. The number of nitrogens with zero attached hydrogens (tertiary/aromatic N) is 3. The number of amides is 1. The number of hydrogen-bond acceptors (Lipinski definition) is 7. The summed E-state index contributed by atoms with van der Waals surface area (Å²) in [5, 5.41) is 22.6. The van der Waals surface area contributed by atoms with E-state index in [2.05, 4.69) is 0 Å². The molecule has 174 valence electrons. The van der Waals surface area contributed by atoms with E-state index < -0.39 is 28.4 Å². The maximum Gasteiger partial charge on any atom is 0.295 e. The molecule has 1 saturated heterocycles. The molecule has 1 heterocycles. The number of carbonyl (C=O) groups is 2. The van der Waals surface area contributed by atoms with Gasteiger partial charge in [-0.15, -0.1) is 0 Å². The summed E-state index contributed by atoms with van der Waals surface area (Å²) >= 11 is 6.24. The van der Waals surface area contributed by atoms with E-state index in [1.165, 1.54) is 35.2 Å².